The van der Waals surface area contributed by atoms with Crippen molar-refractivity contribution in [1.29, 1.82) is 0 Å². The summed E-state index contributed by atoms with van der Waals surface area (Å²) in [5.41, 5.74) is 8.87. The van der Waals surface area contributed by atoms with Crippen LogP contribution in [-0.4, -0.2) is 21.9 Å². The van der Waals surface area contributed by atoms with Crippen LogP contribution in [-0.2, 0) is 0 Å². The number of aryl methyl sites for hydroxylation is 2. The van der Waals surface area contributed by atoms with Crippen LogP contribution in [0.1, 0.15) is 27.2 Å². The Hall–Kier alpha value is -2.89. The SMILES string of the molecule is Cc1cc(C(=O)Nc2cc(/C(N)=N/O)ccc2C)ccn1. The topological polar surface area (TPSA) is 101 Å². The third-order valence-electron chi connectivity index (χ3n) is 3.05. The third-order valence-corrected chi connectivity index (χ3v) is 3.05. The van der Waals surface area contributed by atoms with Gasteiger partial charge in [-0.25, -0.2) is 0 Å². The van der Waals surface area contributed by atoms with Gasteiger partial charge in [0.15, 0.2) is 5.84 Å². The zero-order valence-electron chi connectivity index (χ0n) is 11.8. The van der Waals surface area contributed by atoms with Gasteiger partial charge in [0.05, 0.1) is 0 Å². The number of nitrogens with two attached hydrogens (primary N) is 1. The van der Waals surface area contributed by atoms with Crippen molar-refractivity contribution in [2.75, 3.05) is 5.32 Å². The maximum atomic E-state index is 12.2. The summed E-state index contributed by atoms with van der Waals surface area (Å²) in [7, 11) is 0. The van der Waals surface area contributed by atoms with E-state index >= 15 is 0 Å². The lowest BCUT2D eigenvalue weighted by Crippen LogP contribution is -2.16. The molecule has 6 heteroatoms. The molecular formula is C15H16N4O2. The number of amides is 1. The molecule has 0 spiro atoms. The van der Waals surface area contributed by atoms with Gasteiger partial charge in [-0.15, -0.1) is 0 Å². The highest BCUT2D eigenvalue weighted by Crippen LogP contribution is 2.18. The number of hydrogen-bond acceptors (Lipinski definition) is 4. The Bertz CT molecular complexity index is 711. The van der Waals surface area contributed by atoms with Crippen LogP contribution in [0.25, 0.3) is 0 Å². The fraction of sp³-hybridized carbons (Fsp3) is 0.133. The van der Waals surface area contributed by atoms with Gasteiger partial charge in [-0.2, -0.15) is 0 Å². The highest BCUT2D eigenvalue weighted by Gasteiger charge is 2.10. The molecule has 4 N–H and O–H groups in total. The number of oxime groups is 1. The molecule has 0 unspecified atom stereocenters. The molecule has 6 nitrogen and oxygen atoms in total. The van der Waals surface area contributed by atoms with Crippen LogP contribution in [0.3, 0.4) is 0 Å². The molecule has 1 heterocycles. The maximum Gasteiger partial charge on any atom is 0.255 e. The van der Waals surface area contributed by atoms with Gasteiger partial charge in [0.1, 0.15) is 0 Å². The lowest BCUT2D eigenvalue weighted by molar-refractivity contribution is 0.102. The molecule has 0 aliphatic heterocycles. The first kappa shape index (κ1) is 14.5. The Kier molecular flexibility index (Phi) is 4.18. The van der Waals surface area contributed by atoms with Crippen molar-refractivity contribution in [2.24, 2.45) is 10.9 Å². The summed E-state index contributed by atoms with van der Waals surface area (Å²) in [4.78, 5) is 16.3. The van der Waals surface area contributed by atoms with Crippen molar-refractivity contribution in [3.63, 3.8) is 0 Å². The van der Waals surface area contributed by atoms with Gasteiger partial charge in [-0.1, -0.05) is 17.3 Å². The van der Waals surface area contributed by atoms with E-state index in [0.717, 1.165) is 11.3 Å². The summed E-state index contributed by atoms with van der Waals surface area (Å²) in [5.74, 6) is -0.245. The molecule has 0 saturated carbocycles. The number of nitrogens with zero attached hydrogens (tertiary/aromatic N) is 2. The molecule has 0 aliphatic rings. The van der Waals surface area contributed by atoms with Gasteiger partial charge in [-0.3, -0.25) is 9.78 Å². The Balaban J connectivity index is 2.29. The van der Waals surface area contributed by atoms with E-state index in [1.54, 1.807) is 36.5 Å². The molecule has 2 aromatic rings. The molecule has 0 radical (unpaired) electrons. The van der Waals surface area contributed by atoms with Crippen LogP contribution in [0.5, 0.6) is 0 Å². The van der Waals surface area contributed by atoms with Crippen LogP contribution in [0.2, 0.25) is 0 Å². The quantitative estimate of drug-likeness (QED) is 0.347. The van der Waals surface area contributed by atoms with Crippen molar-refractivity contribution in [1.82, 2.24) is 4.98 Å². The Morgan fingerprint density at radius 2 is 2.00 bits per heavy atom. The molecule has 108 valence electrons. The monoisotopic (exact) mass is 284 g/mol. The van der Waals surface area contributed by atoms with Crippen LogP contribution in [0.4, 0.5) is 5.69 Å². The molecule has 1 aromatic heterocycles. The van der Waals surface area contributed by atoms with Crippen molar-refractivity contribution in [2.45, 2.75) is 13.8 Å². The van der Waals surface area contributed by atoms with Gasteiger partial charge in [0, 0.05) is 28.7 Å². The molecule has 0 fully saturated rings. The minimum atomic E-state index is -0.236. The van der Waals surface area contributed by atoms with E-state index < -0.39 is 0 Å². The lowest BCUT2D eigenvalue weighted by Gasteiger charge is -2.10. The van der Waals surface area contributed by atoms with Gasteiger partial charge >= 0.3 is 0 Å². The van der Waals surface area contributed by atoms with E-state index in [-0.39, 0.29) is 11.7 Å². The van der Waals surface area contributed by atoms with Gasteiger partial charge in [-0.05, 0) is 37.6 Å². The fourth-order valence-corrected chi connectivity index (χ4v) is 1.86. The van der Waals surface area contributed by atoms with Gasteiger partial charge < -0.3 is 16.3 Å². The average molecular weight is 284 g/mol. The lowest BCUT2D eigenvalue weighted by atomic mass is 10.1. The number of pyridine rings is 1. The van der Waals surface area contributed by atoms with Crippen LogP contribution in [0.15, 0.2) is 41.7 Å². The summed E-state index contributed by atoms with van der Waals surface area (Å²) < 4.78 is 0. The van der Waals surface area contributed by atoms with Gasteiger partial charge in [0.25, 0.3) is 5.91 Å². The first-order valence-electron chi connectivity index (χ1n) is 6.34. The number of anilines is 1. The molecule has 1 aromatic carbocycles. The molecular weight excluding hydrogens is 268 g/mol. The predicted octanol–water partition coefficient (Wildman–Crippen LogP) is 2.05. The van der Waals surface area contributed by atoms with Gasteiger partial charge in [0.2, 0.25) is 0 Å². The van der Waals surface area contributed by atoms with E-state index in [9.17, 15) is 4.79 Å². The number of carbonyl (C=O) groups is 1. The summed E-state index contributed by atoms with van der Waals surface area (Å²) in [5, 5.41) is 14.5. The molecule has 2 rings (SSSR count). The Morgan fingerprint density at radius 1 is 1.24 bits per heavy atom. The third kappa shape index (κ3) is 3.36. The summed E-state index contributed by atoms with van der Waals surface area (Å²) in [6.07, 6.45) is 1.59. The molecule has 0 saturated heterocycles. The fourth-order valence-electron chi connectivity index (χ4n) is 1.86. The first-order chi connectivity index (χ1) is 10.0. The number of carbonyl (C=O) groups excluding carboxylic acids is 1. The second-order valence-corrected chi connectivity index (χ2v) is 4.65. The number of aromatic nitrogens is 1. The van der Waals surface area contributed by atoms with Crippen molar-refractivity contribution >= 4 is 17.4 Å². The second kappa shape index (κ2) is 6.04. The zero-order valence-corrected chi connectivity index (χ0v) is 11.8. The van der Waals surface area contributed by atoms with E-state index in [0.29, 0.717) is 16.8 Å². The minimum Gasteiger partial charge on any atom is -0.409 e. The summed E-state index contributed by atoms with van der Waals surface area (Å²) in [6.45, 7) is 3.69. The number of benzene rings is 1. The van der Waals surface area contributed by atoms with Crippen molar-refractivity contribution in [3.05, 3.63) is 58.9 Å². The molecule has 1 amide bonds. The average Bonchev–Trinajstić information content (AvgIpc) is 2.48. The van der Waals surface area contributed by atoms with E-state index in [1.807, 2.05) is 13.8 Å². The minimum absolute atomic E-state index is 0.00902. The summed E-state index contributed by atoms with van der Waals surface area (Å²) >= 11 is 0. The van der Waals surface area contributed by atoms with E-state index in [4.69, 9.17) is 10.9 Å². The van der Waals surface area contributed by atoms with E-state index in [1.165, 1.54) is 0 Å². The molecule has 0 atom stereocenters. The van der Waals surface area contributed by atoms with Crippen LogP contribution >= 0.6 is 0 Å². The predicted molar refractivity (Wildman–Crippen MR) is 80.6 cm³/mol. The number of rotatable bonds is 3. The number of hydrogen-bond donors (Lipinski definition) is 3. The van der Waals surface area contributed by atoms with Crippen LogP contribution in [0, 0.1) is 13.8 Å². The maximum absolute atomic E-state index is 12.2. The normalized spacial score (nSPS) is 11.2. The molecule has 21 heavy (non-hydrogen) atoms. The highest BCUT2D eigenvalue weighted by molar-refractivity contribution is 6.05. The highest BCUT2D eigenvalue weighted by atomic mass is 16.4. The number of amidine groups is 1. The largest absolute Gasteiger partial charge is 0.409 e. The standard InChI is InChI=1S/C15H16N4O2/c1-9-3-4-11(14(16)19-21)8-13(9)18-15(20)12-5-6-17-10(2)7-12/h3-8,21H,1-2H3,(H2,16,19)(H,18,20). The summed E-state index contributed by atoms with van der Waals surface area (Å²) in [6, 6.07) is 8.52. The van der Waals surface area contributed by atoms with E-state index in [2.05, 4.69) is 15.5 Å². The van der Waals surface area contributed by atoms with Crippen LogP contribution < -0.4 is 11.1 Å². The first-order valence-corrected chi connectivity index (χ1v) is 6.34. The van der Waals surface area contributed by atoms with Crippen molar-refractivity contribution < 1.29 is 10.0 Å². The molecule has 0 bridgehead atoms. The molecule has 0 aliphatic carbocycles. The Morgan fingerprint density at radius 3 is 2.67 bits per heavy atom. The second-order valence-electron chi connectivity index (χ2n) is 4.65. The van der Waals surface area contributed by atoms with Crippen molar-refractivity contribution in [3.8, 4) is 0 Å². The Labute approximate surface area is 122 Å². The zero-order chi connectivity index (χ0) is 15.4. The smallest absolute Gasteiger partial charge is 0.255 e. The number of nitrogens with one attached hydrogen (secondary N) is 1.